The maximum Gasteiger partial charge on any atom is 0.225 e. The molecule has 2 aliphatic rings. The van der Waals surface area contributed by atoms with Crippen LogP contribution in [-0.4, -0.2) is 60.4 Å². The van der Waals surface area contributed by atoms with Gasteiger partial charge in [0.25, 0.3) is 0 Å². The SMILES string of the molecule is CC[C@@H](C)C(=O)N1CCC(C(=O)NC[C@@H]2CCCN2CC)CC1. The van der Waals surface area contributed by atoms with E-state index in [0.29, 0.717) is 6.04 Å². The number of hydrogen-bond donors (Lipinski definition) is 1. The standard InChI is InChI=1S/C18H33N3O2/c1-4-14(3)18(23)21-11-8-15(9-12-21)17(22)19-13-16-7-6-10-20(16)5-2/h14-16H,4-13H2,1-3H3,(H,19,22)/t14-,16+/m1/s1. The van der Waals surface area contributed by atoms with E-state index in [2.05, 4.69) is 17.1 Å². The van der Waals surface area contributed by atoms with Crippen LogP contribution < -0.4 is 5.32 Å². The molecule has 1 N–H and O–H groups in total. The third-order valence-electron chi connectivity index (χ3n) is 5.63. The highest BCUT2D eigenvalue weighted by Crippen LogP contribution is 2.20. The fourth-order valence-corrected chi connectivity index (χ4v) is 3.75. The Bertz CT molecular complexity index is 405. The highest BCUT2D eigenvalue weighted by Gasteiger charge is 2.30. The van der Waals surface area contributed by atoms with E-state index in [1.165, 1.54) is 12.8 Å². The minimum Gasteiger partial charge on any atom is -0.354 e. The van der Waals surface area contributed by atoms with Crippen LogP contribution in [0.4, 0.5) is 0 Å². The molecule has 0 spiro atoms. The Hall–Kier alpha value is -1.10. The summed E-state index contributed by atoms with van der Waals surface area (Å²) in [5, 5.41) is 3.15. The highest BCUT2D eigenvalue weighted by atomic mass is 16.2. The lowest BCUT2D eigenvalue weighted by Crippen LogP contribution is -2.46. The first kappa shape index (κ1) is 18.2. The van der Waals surface area contributed by atoms with Gasteiger partial charge in [-0.25, -0.2) is 0 Å². The number of amides is 2. The Labute approximate surface area is 140 Å². The van der Waals surface area contributed by atoms with Crippen LogP contribution in [-0.2, 0) is 9.59 Å². The van der Waals surface area contributed by atoms with Crippen molar-refractivity contribution in [2.24, 2.45) is 11.8 Å². The molecule has 2 fully saturated rings. The molecule has 0 aromatic rings. The number of carbonyl (C=O) groups excluding carboxylic acids is 2. The minimum absolute atomic E-state index is 0.0764. The fraction of sp³-hybridized carbons (Fsp3) is 0.889. The number of carbonyl (C=O) groups is 2. The van der Waals surface area contributed by atoms with E-state index < -0.39 is 0 Å². The first-order valence-electron chi connectivity index (χ1n) is 9.37. The van der Waals surface area contributed by atoms with Gasteiger partial charge in [-0.05, 0) is 45.2 Å². The van der Waals surface area contributed by atoms with Crippen LogP contribution in [0.25, 0.3) is 0 Å². The van der Waals surface area contributed by atoms with Crippen LogP contribution >= 0.6 is 0 Å². The predicted octanol–water partition coefficient (Wildman–Crippen LogP) is 1.87. The summed E-state index contributed by atoms with van der Waals surface area (Å²) < 4.78 is 0. The fourth-order valence-electron chi connectivity index (χ4n) is 3.75. The van der Waals surface area contributed by atoms with Crippen LogP contribution in [0.5, 0.6) is 0 Å². The molecule has 0 radical (unpaired) electrons. The van der Waals surface area contributed by atoms with E-state index in [-0.39, 0.29) is 23.7 Å². The van der Waals surface area contributed by atoms with E-state index in [1.807, 2.05) is 18.7 Å². The summed E-state index contributed by atoms with van der Waals surface area (Å²) in [6.07, 6.45) is 4.92. The summed E-state index contributed by atoms with van der Waals surface area (Å²) in [6.45, 7) is 10.7. The molecular formula is C18H33N3O2. The van der Waals surface area contributed by atoms with Crippen molar-refractivity contribution >= 4 is 11.8 Å². The van der Waals surface area contributed by atoms with Crippen molar-refractivity contribution in [3.8, 4) is 0 Å². The lowest BCUT2D eigenvalue weighted by atomic mass is 9.94. The number of likely N-dealkylation sites (N-methyl/N-ethyl adjacent to an activating group) is 1. The zero-order valence-corrected chi connectivity index (χ0v) is 15.0. The molecule has 0 bridgehead atoms. The lowest BCUT2D eigenvalue weighted by Gasteiger charge is -2.33. The summed E-state index contributed by atoms with van der Waals surface area (Å²) >= 11 is 0. The van der Waals surface area contributed by atoms with Crippen molar-refractivity contribution in [2.75, 3.05) is 32.7 Å². The monoisotopic (exact) mass is 323 g/mol. The molecule has 2 rings (SSSR count). The third kappa shape index (κ3) is 4.69. The molecular weight excluding hydrogens is 290 g/mol. The number of nitrogens with zero attached hydrogens (tertiary/aromatic N) is 2. The average molecular weight is 323 g/mol. The molecule has 2 amide bonds. The summed E-state index contributed by atoms with van der Waals surface area (Å²) in [4.78, 5) is 29.0. The molecule has 0 unspecified atom stereocenters. The van der Waals surface area contributed by atoms with Gasteiger partial charge >= 0.3 is 0 Å². The zero-order chi connectivity index (χ0) is 16.8. The molecule has 23 heavy (non-hydrogen) atoms. The molecule has 0 aliphatic carbocycles. The van der Waals surface area contributed by atoms with E-state index in [9.17, 15) is 9.59 Å². The first-order chi connectivity index (χ1) is 11.1. The average Bonchev–Trinajstić information content (AvgIpc) is 3.06. The Morgan fingerprint density at radius 1 is 1.13 bits per heavy atom. The van der Waals surface area contributed by atoms with Crippen molar-refractivity contribution in [3.05, 3.63) is 0 Å². The van der Waals surface area contributed by atoms with Crippen molar-refractivity contribution in [1.29, 1.82) is 0 Å². The van der Waals surface area contributed by atoms with Crippen LogP contribution in [0.1, 0.15) is 52.9 Å². The molecule has 2 atom stereocenters. The topological polar surface area (TPSA) is 52.7 Å². The van der Waals surface area contributed by atoms with Gasteiger partial charge in [0.1, 0.15) is 0 Å². The van der Waals surface area contributed by atoms with Gasteiger partial charge in [-0.1, -0.05) is 20.8 Å². The van der Waals surface area contributed by atoms with Crippen LogP contribution in [0.2, 0.25) is 0 Å². The Morgan fingerprint density at radius 2 is 1.83 bits per heavy atom. The normalized spacial score (nSPS) is 24.7. The second kappa shape index (κ2) is 8.67. The van der Waals surface area contributed by atoms with E-state index in [0.717, 1.165) is 52.0 Å². The Balaban J connectivity index is 1.72. The molecule has 5 heteroatoms. The number of rotatable bonds is 6. The van der Waals surface area contributed by atoms with Crippen molar-refractivity contribution in [1.82, 2.24) is 15.1 Å². The molecule has 2 saturated heterocycles. The summed E-state index contributed by atoms with van der Waals surface area (Å²) in [5.74, 6) is 0.606. The smallest absolute Gasteiger partial charge is 0.225 e. The third-order valence-corrected chi connectivity index (χ3v) is 5.63. The van der Waals surface area contributed by atoms with Crippen LogP contribution in [0.3, 0.4) is 0 Å². The Kier molecular flexibility index (Phi) is 6.88. The molecule has 5 nitrogen and oxygen atoms in total. The summed E-state index contributed by atoms with van der Waals surface area (Å²) in [6, 6.07) is 0.510. The van der Waals surface area contributed by atoms with Gasteiger partial charge in [0, 0.05) is 37.5 Å². The van der Waals surface area contributed by atoms with E-state index in [1.54, 1.807) is 0 Å². The van der Waals surface area contributed by atoms with Gasteiger partial charge in [0.05, 0.1) is 0 Å². The molecule has 0 saturated carbocycles. The van der Waals surface area contributed by atoms with Crippen molar-refractivity contribution < 1.29 is 9.59 Å². The largest absolute Gasteiger partial charge is 0.354 e. The van der Waals surface area contributed by atoms with Crippen LogP contribution in [0.15, 0.2) is 0 Å². The molecule has 132 valence electrons. The first-order valence-corrected chi connectivity index (χ1v) is 9.37. The van der Waals surface area contributed by atoms with Gasteiger partial charge in [0.15, 0.2) is 0 Å². The molecule has 2 heterocycles. The predicted molar refractivity (Wildman–Crippen MR) is 92.0 cm³/mol. The lowest BCUT2D eigenvalue weighted by molar-refractivity contribution is -0.138. The van der Waals surface area contributed by atoms with Crippen molar-refractivity contribution in [2.45, 2.75) is 58.9 Å². The number of piperidine rings is 1. The Morgan fingerprint density at radius 3 is 2.43 bits per heavy atom. The highest BCUT2D eigenvalue weighted by molar-refractivity contribution is 5.80. The zero-order valence-electron chi connectivity index (χ0n) is 15.0. The minimum atomic E-state index is 0.0764. The van der Waals surface area contributed by atoms with Gasteiger partial charge in [-0.15, -0.1) is 0 Å². The number of likely N-dealkylation sites (tertiary alicyclic amines) is 2. The molecule has 0 aromatic carbocycles. The second-order valence-corrected chi connectivity index (χ2v) is 7.08. The van der Waals surface area contributed by atoms with Gasteiger partial charge in [-0.2, -0.15) is 0 Å². The quantitative estimate of drug-likeness (QED) is 0.812. The number of nitrogens with one attached hydrogen (secondary N) is 1. The van der Waals surface area contributed by atoms with Crippen LogP contribution in [0, 0.1) is 11.8 Å². The van der Waals surface area contributed by atoms with Crippen molar-refractivity contribution in [3.63, 3.8) is 0 Å². The maximum absolute atomic E-state index is 12.4. The second-order valence-electron chi connectivity index (χ2n) is 7.08. The number of hydrogen-bond acceptors (Lipinski definition) is 3. The van der Waals surface area contributed by atoms with Gasteiger partial charge in [-0.3, -0.25) is 14.5 Å². The van der Waals surface area contributed by atoms with E-state index in [4.69, 9.17) is 0 Å². The molecule has 0 aromatic heterocycles. The van der Waals surface area contributed by atoms with Gasteiger partial charge in [0.2, 0.25) is 11.8 Å². The summed E-state index contributed by atoms with van der Waals surface area (Å²) in [7, 11) is 0. The maximum atomic E-state index is 12.4. The summed E-state index contributed by atoms with van der Waals surface area (Å²) in [5.41, 5.74) is 0. The molecule has 2 aliphatic heterocycles. The van der Waals surface area contributed by atoms with E-state index >= 15 is 0 Å². The van der Waals surface area contributed by atoms with Gasteiger partial charge < -0.3 is 10.2 Å².